The van der Waals surface area contributed by atoms with Crippen LogP contribution in [0.3, 0.4) is 0 Å². The Morgan fingerprint density at radius 2 is 2.40 bits per heavy atom. The molecule has 0 aromatic heterocycles. The van der Waals surface area contributed by atoms with Crippen LogP contribution in [0.25, 0.3) is 0 Å². The maximum Gasteiger partial charge on any atom is 0.0468 e. The fraction of sp³-hybridized carbons (Fsp3) is 0.750. The van der Waals surface area contributed by atoms with Gasteiger partial charge < -0.3 is 0 Å². The number of hydrogen-bond donors (Lipinski definition) is 0. The predicted octanol–water partition coefficient (Wildman–Crippen LogP) is 3.53. The van der Waals surface area contributed by atoms with E-state index in [-0.39, 0.29) is 0 Å². The van der Waals surface area contributed by atoms with E-state index in [9.17, 15) is 0 Å². The van der Waals surface area contributed by atoms with Crippen LogP contribution in [-0.2, 0) is 0 Å². The van der Waals surface area contributed by atoms with Gasteiger partial charge in [0.15, 0.2) is 0 Å². The van der Waals surface area contributed by atoms with Gasteiger partial charge in [-0.1, -0.05) is 6.08 Å². The topological polar surface area (TPSA) is 0 Å². The molecular formula is C8H11BrS. The van der Waals surface area contributed by atoms with Crippen molar-refractivity contribution in [2.45, 2.75) is 30.9 Å². The zero-order valence-electron chi connectivity index (χ0n) is 6.06. The minimum atomic E-state index is 0.554. The maximum absolute atomic E-state index is 3.53. The molecule has 0 N–H and O–H groups in total. The zero-order valence-corrected chi connectivity index (χ0v) is 8.46. The summed E-state index contributed by atoms with van der Waals surface area (Å²) in [6, 6.07) is 0. The van der Waals surface area contributed by atoms with E-state index in [2.05, 4.69) is 28.9 Å². The molecule has 2 rings (SSSR count). The third-order valence-corrected chi connectivity index (χ3v) is 4.58. The smallest absolute Gasteiger partial charge is 0.0468 e. The van der Waals surface area contributed by atoms with Crippen LogP contribution < -0.4 is 0 Å². The summed E-state index contributed by atoms with van der Waals surface area (Å²) in [5.41, 5.74) is 0. The number of thioether (sulfide) groups is 1. The van der Waals surface area contributed by atoms with Crippen LogP contribution in [0.15, 0.2) is 9.89 Å². The first-order valence-corrected chi connectivity index (χ1v) is 5.36. The SMILES string of the molecule is CC1(C2CC2)CC=C(Br)S1. The summed E-state index contributed by atoms with van der Waals surface area (Å²) in [6.07, 6.45) is 6.49. The minimum Gasteiger partial charge on any atom is -0.112 e. The molecule has 1 heterocycles. The van der Waals surface area contributed by atoms with Crippen molar-refractivity contribution in [1.82, 2.24) is 0 Å². The Morgan fingerprint density at radius 1 is 1.70 bits per heavy atom. The minimum absolute atomic E-state index is 0.554. The Labute approximate surface area is 74.6 Å². The third-order valence-electron chi connectivity index (χ3n) is 2.44. The van der Waals surface area contributed by atoms with E-state index in [0.717, 1.165) is 5.92 Å². The first kappa shape index (κ1) is 7.23. The van der Waals surface area contributed by atoms with Crippen LogP contribution in [0.1, 0.15) is 26.2 Å². The van der Waals surface area contributed by atoms with Gasteiger partial charge >= 0.3 is 0 Å². The average molecular weight is 219 g/mol. The highest BCUT2D eigenvalue weighted by atomic mass is 79.9. The van der Waals surface area contributed by atoms with Crippen molar-refractivity contribution >= 4 is 27.7 Å². The summed E-state index contributed by atoms with van der Waals surface area (Å²) in [5.74, 6) is 1.00. The number of hydrogen-bond acceptors (Lipinski definition) is 1. The summed E-state index contributed by atoms with van der Waals surface area (Å²) >= 11 is 5.55. The van der Waals surface area contributed by atoms with Gasteiger partial charge in [0.25, 0.3) is 0 Å². The van der Waals surface area contributed by atoms with Gasteiger partial charge in [-0.05, 0) is 48.0 Å². The van der Waals surface area contributed by atoms with Gasteiger partial charge in [0, 0.05) is 8.56 Å². The van der Waals surface area contributed by atoms with Gasteiger partial charge in [0.1, 0.15) is 0 Å². The molecule has 1 unspecified atom stereocenters. The second-order valence-corrected chi connectivity index (χ2v) is 6.36. The van der Waals surface area contributed by atoms with E-state index >= 15 is 0 Å². The quantitative estimate of drug-likeness (QED) is 0.650. The number of rotatable bonds is 1. The first-order valence-electron chi connectivity index (χ1n) is 3.75. The molecule has 0 aromatic rings. The lowest BCUT2D eigenvalue weighted by atomic mass is 10.0. The molecule has 1 aliphatic carbocycles. The van der Waals surface area contributed by atoms with E-state index in [1.54, 1.807) is 0 Å². The normalized spacial score (nSPS) is 40.0. The molecule has 1 aliphatic heterocycles. The van der Waals surface area contributed by atoms with Crippen LogP contribution in [0.5, 0.6) is 0 Å². The van der Waals surface area contributed by atoms with Crippen molar-refractivity contribution in [1.29, 1.82) is 0 Å². The molecule has 0 aromatic carbocycles. The third kappa shape index (κ3) is 1.16. The molecule has 0 spiro atoms. The van der Waals surface area contributed by atoms with Crippen molar-refractivity contribution in [3.8, 4) is 0 Å². The van der Waals surface area contributed by atoms with Crippen LogP contribution in [0.4, 0.5) is 0 Å². The van der Waals surface area contributed by atoms with E-state index in [0.29, 0.717) is 4.75 Å². The summed E-state index contributed by atoms with van der Waals surface area (Å²) in [5, 5.41) is 0. The lowest BCUT2D eigenvalue weighted by Crippen LogP contribution is -2.18. The summed E-state index contributed by atoms with van der Waals surface area (Å²) in [4.78, 5) is 0. The molecule has 1 atom stereocenters. The molecule has 0 amide bonds. The van der Waals surface area contributed by atoms with Crippen LogP contribution >= 0.6 is 27.7 Å². The van der Waals surface area contributed by atoms with Gasteiger partial charge in [0.2, 0.25) is 0 Å². The summed E-state index contributed by atoms with van der Waals surface area (Å²) in [7, 11) is 0. The van der Waals surface area contributed by atoms with Gasteiger partial charge in [-0.15, -0.1) is 11.8 Å². The Kier molecular flexibility index (Phi) is 1.65. The molecule has 0 radical (unpaired) electrons. The summed E-state index contributed by atoms with van der Waals surface area (Å²) < 4.78 is 1.90. The van der Waals surface area contributed by atoms with Crippen molar-refractivity contribution in [2.24, 2.45) is 5.92 Å². The molecule has 2 heteroatoms. The maximum atomic E-state index is 3.53. The lowest BCUT2D eigenvalue weighted by Gasteiger charge is -2.21. The van der Waals surface area contributed by atoms with Crippen molar-refractivity contribution in [3.63, 3.8) is 0 Å². The first-order chi connectivity index (χ1) is 4.71. The highest BCUT2D eigenvalue weighted by molar-refractivity contribution is 9.14. The van der Waals surface area contributed by atoms with E-state index in [4.69, 9.17) is 0 Å². The molecule has 56 valence electrons. The van der Waals surface area contributed by atoms with Crippen molar-refractivity contribution < 1.29 is 0 Å². The largest absolute Gasteiger partial charge is 0.112 e. The fourth-order valence-electron chi connectivity index (χ4n) is 1.53. The highest BCUT2D eigenvalue weighted by Crippen LogP contribution is 2.56. The van der Waals surface area contributed by atoms with Gasteiger partial charge in [-0.25, -0.2) is 0 Å². The van der Waals surface area contributed by atoms with E-state index < -0.39 is 0 Å². The molecule has 0 bridgehead atoms. The monoisotopic (exact) mass is 218 g/mol. The van der Waals surface area contributed by atoms with Crippen molar-refractivity contribution in [2.75, 3.05) is 0 Å². The van der Waals surface area contributed by atoms with Crippen LogP contribution in [-0.4, -0.2) is 4.75 Å². The second kappa shape index (κ2) is 2.28. The Bertz CT molecular complexity index is 184. The molecule has 1 fully saturated rings. The van der Waals surface area contributed by atoms with Crippen molar-refractivity contribution in [3.05, 3.63) is 9.89 Å². The van der Waals surface area contributed by atoms with Crippen LogP contribution in [0, 0.1) is 5.92 Å². The average Bonchev–Trinajstić information content (AvgIpc) is 2.62. The fourth-order valence-corrected chi connectivity index (χ4v) is 3.99. The molecule has 2 aliphatic rings. The van der Waals surface area contributed by atoms with Gasteiger partial charge in [0.05, 0.1) is 0 Å². The molecular weight excluding hydrogens is 208 g/mol. The Hall–Kier alpha value is 0.570. The molecule has 0 saturated heterocycles. The number of halogens is 1. The highest BCUT2D eigenvalue weighted by Gasteiger charge is 2.43. The van der Waals surface area contributed by atoms with E-state index in [1.165, 1.54) is 23.1 Å². The van der Waals surface area contributed by atoms with Gasteiger partial charge in [-0.3, -0.25) is 0 Å². The van der Waals surface area contributed by atoms with Crippen LogP contribution in [0.2, 0.25) is 0 Å². The molecule has 1 saturated carbocycles. The predicted molar refractivity (Wildman–Crippen MR) is 50.3 cm³/mol. The Balaban J connectivity index is 2.06. The van der Waals surface area contributed by atoms with E-state index in [1.807, 2.05) is 11.8 Å². The lowest BCUT2D eigenvalue weighted by molar-refractivity contribution is 0.581. The summed E-state index contributed by atoms with van der Waals surface area (Å²) in [6.45, 7) is 2.39. The molecule has 10 heavy (non-hydrogen) atoms. The standard InChI is InChI=1S/C8H11BrS/c1-8(6-2-3-6)5-4-7(9)10-8/h4,6H,2-3,5H2,1H3. The Morgan fingerprint density at radius 3 is 2.80 bits per heavy atom. The number of allylic oxidation sites excluding steroid dienone is 1. The molecule has 0 nitrogen and oxygen atoms in total. The van der Waals surface area contributed by atoms with Gasteiger partial charge in [-0.2, -0.15) is 0 Å². The second-order valence-electron chi connectivity index (χ2n) is 3.40. The zero-order chi connectivity index (χ0) is 7.19.